The topological polar surface area (TPSA) is 49.8 Å². The molecular weight excluding hydrogens is 249 g/mol. The van der Waals surface area contributed by atoms with E-state index in [0.717, 1.165) is 0 Å². The highest BCUT2D eigenvalue weighted by molar-refractivity contribution is 5.80. The molecule has 0 aliphatic carbocycles. The molecule has 0 aliphatic heterocycles. The second-order valence-electron chi connectivity index (χ2n) is 5.22. The number of halogens is 1. The van der Waals surface area contributed by atoms with Gasteiger partial charge in [0.25, 0.3) is 5.91 Å². The number of amides is 1. The van der Waals surface area contributed by atoms with Crippen molar-refractivity contribution < 1.29 is 19.0 Å². The fraction of sp³-hybridized carbons (Fsp3) is 0.500. The smallest absolute Gasteiger partial charge is 0.263 e. The highest BCUT2D eigenvalue weighted by atomic mass is 19.1. The summed E-state index contributed by atoms with van der Waals surface area (Å²) in [6, 6.07) is 5.63. The molecule has 1 aromatic rings. The molecule has 0 spiro atoms. The summed E-state index contributed by atoms with van der Waals surface area (Å²) in [5.74, 6) is -0.383. The van der Waals surface area contributed by atoms with E-state index < -0.39 is 17.5 Å². The zero-order valence-corrected chi connectivity index (χ0v) is 11.7. The monoisotopic (exact) mass is 269 g/mol. The summed E-state index contributed by atoms with van der Waals surface area (Å²) < 4.78 is 18.4. The van der Waals surface area contributed by atoms with Gasteiger partial charge in [-0.15, -0.1) is 0 Å². The molecular formula is C14H20FNO3. The van der Waals surface area contributed by atoms with Crippen molar-refractivity contribution in [2.75, 3.05) is 13.6 Å². The Morgan fingerprint density at radius 1 is 1.53 bits per heavy atom. The van der Waals surface area contributed by atoms with Crippen LogP contribution in [0.25, 0.3) is 0 Å². The largest absolute Gasteiger partial charge is 0.481 e. The van der Waals surface area contributed by atoms with E-state index in [9.17, 15) is 14.3 Å². The van der Waals surface area contributed by atoms with E-state index in [1.807, 2.05) is 0 Å². The predicted octanol–water partition coefficient (Wildman–Crippen LogP) is 1.82. The molecule has 19 heavy (non-hydrogen) atoms. The minimum absolute atomic E-state index is 0.197. The lowest BCUT2D eigenvalue weighted by Crippen LogP contribution is -2.44. The molecule has 1 atom stereocenters. The van der Waals surface area contributed by atoms with Crippen molar-refractivity contribution in [1.82, 2.24) is 4.90 Å². The molecule has 0 saturated carbocycles. The molecule has 5 heteroatoms. The number of hydrogen-bond acceptors (Lipinski definition) is 3. The Balaban J connectivity index is 2.62. The number of carbonyl (C=O) groups is 1. The minimum Gasteiger partial charge on any atom is -0.481 e. The number of aliphatic hydroxyl groups is 1. The van der Waals surface area contributed by atoms with Crippen molar-refractivity contribution in [2.24, 2.45) is 0 Å². The van der Waals surface area contributed by atoms with Crippen molar-refractivity contribution >= 4 is 5.91 Å². The van der Waals surface area contributed by atoms with Crippen LogP contribution < -0.4 is 4.74 Å². The lowest BCUT2D eigenvalue weighted by atomic mass is 10.1. The molecule has 0 bridgehead atoms. The van der Waals surface area contributed by atoms with E-state index in [0.29, 0.717) is 5.75 Å². The first-order chi connectivity index (χ1) is 8.69. The SMILES string of the molecule is CC(Oc1cccc(F)c1)C(=O)N(C)CC(C)(C)O. The Morgan fingerprint density at radius 3 is 2.68 bits per heavy atom. The summed E-state index contributed by atoms with van der Waals surface area (Å²) in [7, 11) is 1.59. The Morgan fingerprint density at radius 2 is 2.16 bits per heavy atom. The lowest BCUT2D eigenvalue weighted by molar-refractivity contribution is -0.139. The van der Waals surface area contributed by atoms with Crippen molar-refractivity contribution in [3.8, 4) is 5.75 Å². The van der Waals surface area contributed by atoms with E-state index in [2.05, 4.69) is 0 Å². The fourth-order valence-corrected chi connectivity index (χ4v) is 1.76. The number of ether oxygens (including phenoxy) is 1. The van der Waals surface area contributed by atoms with Crippen molar-refractivity contribution in [3.05, 3.63) is 30.1 Å². The van der Waals surface area contributed by atoms with Gasteiger partial charge in [-0.2, -0.15) is 0 Å². The molecule has 1 aromatic carbocycles. The van der Waals surface area contributed by atoms with Gasteiger partial charge in [-0.05, 0) is 32.9 Å². The van der Waals surface area contributed by atoms with Gasteiger partial charge in [0.2, 0.25) is 0 Å². The van der Waals surface area contributed by atoms with Gasteiger partial charge in [0, 0.05) is 19.7 Å². The first kappa shape index (κ1) is 15.4. The second-order valence-corrected chi connectivity index (χ2v) is 5.22. The first-order valence-electron chi connectivity index (χ1n) is 6.08. The molecule has 4 nitrogen and oxygen atoms in total. The highest BCUT2D eigenvalue weighted by Crippen LogP contribution is 2.15. The van der Waals surface area contributed by atoms with Crippen LogP contribution in [0.1, 0.15) is 20.8 Å². The minimum atomic E-state index is -0.969. The zero-order valence-electron chi connectivity index (χ0n) is 11.7. The Bertz CT molecular complexity index is 443. The molecule has 0 saturated heterocycles. The van der Waals surface area contributed by atoms with Crippen molar-refractivity contribution in [3.63, 3.8) is 0 Å². The van der Waals surface area contributed by atoms with Crippen LogP contribution in [-0.2, 0) is 4.79 Å². The van der Waals surface area contributed by atoms with Crippen LogP contribution in [0.2, 0.25) is 0 Å². The highest BCUT2D eigenvalue weighted by Gasteiger charge is 2.24. The summed E-state index contributed by atoms with van der Waals surface area (Å²) in [5, 5.41) is 9.66. The van der Waals surface area contributed by atoms with Crippen LogP contribution in [0.15, 0.2) is 24.3 Å². The number of nitrogens with zero attached hydrogens (tertiary/aromatic N) is 1. The molecule has 106 valence electrons. The average Bonchev–Trinajstić information content (AvgIpc) is 2.25. The second kappa shape index (κ2) is 6.02. The maximum absolute atomic E-state index is 13.0. The van der Waals surface area contributed by atoms with Gasteiger partial charge in [-0.1, -0.05) is 6.07 Å². The first-order valence-corrected chi connectivity index (χ1v) is 6.08. The summed E-state index contributed by atoms with van der Waals surface area (Å²) in [4.78, 5) is 13.4. The van der Waals surface area contributed by atoms with E-state index in [4.69, 9.17) is 4.74 Å². The number of likely N-dealkylation sites (N-methyl/N-ethyl adjacent to an activating group) is 1. The van der Waals surface area contributed by atoms with Gasteiger partial charge < -0.3 is 14.7 Å². The van der Waals surface area contributed by atoms with E-state index in [1.54, 1.807) is 33.9 Å². The van der Waals surface area contributed by atoms with Crippen LogP contribution in [0, 0.1) is 5.82 Å². The maximum atomic E-state index is 13.0. The molecule has 1 unspecified atom stereocenters. The zero-order chi connectivity index (χ0) is 14.6. The third-order valence-electron chi connectivity index (χ3n) is 2.46. The van der Waals surface area contributed by atoms with Gasteiger partial charge in [0.15, 0.2) is 6.10 Å². The number of carbonyl (C=O) groups excluding carboxylic acids is 1. The molecule has 0 aromatic heterocycles. The van der Waals surface area contributed by atoms with E-state index >= 15 is 0 Å². The summed E-state index contributed by atoms with van der Waals surface area (Å²) in [5.41, 5.74) is -0.969. The summed E-state index contributed by atoms with van der Waals surface area (Å²) in [6.07, 6.45) is -0.742. The Kier molecular flexibility index (Phi) is 4.89. The summed E-state index contributed by atoms with van der Waals surface area (Å²) >= 11 is 0. The van der Waals surface area contributed by atoms with Gasteiger partial charge in [-0.3, -0.25) is 4.79 Å². The van der Waals surface area contributed by atoms with Crippen LogP contribution in [0.3, 0.4) is 0 Å². The molecule has 1 N–H and O–H groups in total. The molecule has 0 heterocycles. The lowest BCUT2D eigenvalue weighted by Gasteiger charge is -2.27. The number of benzene rings is 1. The maximum Gasteiger partial charge on any atom is 0.263 e. The Hall–Kier alpha value is -1.62. The molecule has 0 fully saturated rings. The fourth-order valence-electron chi connectivity index (χ4n) is 1.76. The van der Waals surface area contributed by atoms with Crippen LogP contribution in [-0.4, -0.2) is 41.2 Å². The number of hydrogen-bond donors (Lipinski definition) is 1. The third-order valence-corrected chi connectivity index (χ3v) is 2.46. The van der Waals surface area contributed by atoms with Crippen LogP contribution in [0.4, 0.5) is 4.39 Å². The molecule has 0 radical (unpaired) electrons. The quantitative estimate of drug-likeness (QED) is 0.887. The van der Waals surface area contributed by atoms with E-state index in [1.165, 1.54) is 23.1 Å². The number of rotatable bonds is 5. The predicted molar refractivity (Wildman–Crippen MR) is 70.4 cm³/mol. The van der Waals surface area contributed by atoms with Gasteiger partial charge in [0.05, 0.1) is 5.60 Å². The molecule has 1 amide bonds. The van der Waals surface area contributed by atoms with E-state index in [-0.39, 0.29) is 12.5 Å². The van der Waals surface area contributed by atoms with Crippen LogP contribution >= 0.6 is 0 Å². The van der Waals surface area contributed by atoms with Crippen LogP contribution in [0.5, 0.6) is 5.75 Å². The standard InChI is InChI=1S/C14H20FNO3/c1-10(13(17)16(4)9-14(2,3)18)19-12-7-5-6-11(15)8-12/h5-8,10,18H,9H2,1-4H3. The molecule has 1 rings (SSSR count). The third kappa shape index (κ3) is 5.26. The normalized spacial score (nSPS) is 12.9. The summed E-state index contributed by atoms with van der Waals surface area (Å²) in [6.45, 7) is 5.03. The average molecular weight is 269 g/mol. The van der Waals surface area contributed by atoms with Gasteiger partial charge in [0.1, 0.15) is 11.6 Å². The van der Waals surface area contributed by atoms with Crippen molar-refractivity contribution in [2.45, 2.75) is 32.5 Å². The molecule has 0 aliphatic rings. The van der Waals surface area contributed by atoms with Gasteiger partial charge >= 0.3 is 0 Å². The Labute approximate surface area is 112 Å². The van der Waals surface area contributed by atoms with Gasteiger partial charge in [-0.25, -0.2) is 4.39 Å². The van der Waals surface area contributed by atoms with Crippen molar-refractivity contribution in [1.29, 1.82) is 0 Å².